The Labute approximate surface area is 166 Å². The minimum atomic E-state index is -0.482. The maximum absolute atomic E-state index is 12.3. The van der Waals surface area contributed by atoms with Gasteiger partial charge in [-0.05, 0) is 44.2 Å². The Morgan fingerprint density at radius 2 is 1.73 bits per heavy atom. The normalized spacial score (nSPS) is 10.8. The van der Waals surface area contributed by atoms with Crippen LogP contribution < -0.4 is 0 Å². The first-order valence-electron chi connectivity index (χ1n) is 7.90. The van der Waals surface area contributed by atoms with Gasteiger partial charge in [0.05, 0.1) is 23.0 Å². The first-order valence-corrected chi connectivity index (χ1v) is 9.04. The van der Waals surface area contributed by atoms with Gasteiger partial charge in [0.1, 0.15) is 0 Å². The van der Waals surface area contributed by atoms with E-state index in [4.69, 9.17) is 39.5 Å². The SMILES string of the molecule is CCOC(=O)c1nn(-c2ccc(Cl)cc2Cl)c(-c2ccc(Cl)cc2)c1C. The summed E-state index contributed by atoms with van der Waals surface area (Å²) < 4.78 is 6.76. The summed E-state index contributed by atoms with van der Waals surface area (Å²) in [5.74, 6) is -0.482. The molecular weight excluding hydrogens is 395 g/mol. The average Bonchev–Trinajstić information content (AvgIpc) is 2.93. The summed E-state index contributed by atoms with van der Waals surface area (Å²) in [6.07, 6.45) is 0. The van der Waals surface area contributed by atoms with E-state index < -0.39 is 5.97 Å². The molecule has 3 rings (SSSR count). The number of benzene rings is 2. The molecule has 0 bridgehead atoms. The third-order valence-electron chi connectivity index (χ3n) is 3.85. The Bertz CT molecular complexity index is 966. The molecule has 7 heteroatoms. The Kier molecular flexibility index (Phi) is 5.56. The van der Waals surface area contributed by atoms with Crippen LogP contribution in [0.4, 0.5) is 0 Å². The van der Waals surface area contributed by atoms with Crippen molar-refractivity contribution in [3.63, 3.8) is 0 Å². The van der Waals surface area contributed by atoms with Crippen LogP contribution in [0.3, 0.4) is 0 Å². The predicted octanol–water partition coefficient (Wildman–Crippen LogP) is 5.98. The number of rotatable bonds is 4. The smallest absolute Gasteiger partial charge is 0.359 e. The summed E-state index contributed by atoms with van der Waals surface area (Å²) in [4.78, 5) is 12.3. The van der Waals surface area contributed by atoms with E-state index in [2.05, 4.69) is 5.10 Å². The van der Waals surface area contributed by atoms with Gasteiger partial charge in [-0.3, -0.25) is 0 Å². The lowest BCUT2D eigenvalue weighted by atomic mass is 10.1. The highest BCUT2D eigenvalue weighted by Crippen LogP contribution is 2.33. The van der Waals surface area contributed by atoms with Gasteiger partial charge in [-0.15, -0.1) is 0 Å². The first-order chi connectivity index (χ1) is 12.4. The van der Waals surface area contributed by atoms with Crippen molar-refractivity contribution >= 4 is 40.8 Å². The van der Waals surface area contributed by atoms with Gasteiger partial charge >= 0.3 is 5.97 Å². The molecule has 0 aliphatic carbocycles. The highest BCUT2D eigenvalue weighted by molar-refractivity contribution is 6.35. The van der Waals surface area contributed by atoms with Crippen molar-refractivity contribution in [2.45, 2.75) is 13.8 Å². The minimum absolute atomic E-state index is 0.239. The molecule has 0 N–H and O–H groups in total. The van der Waals surface area contributed by atoms with Crippen molar-refractivity contribution in [1.29, 1.82) is 0 Å². The fourth-order valence-electron chi connectivity index (χ4n) is 2.66. The van der Waals surface area contributed by atoms with Crippen LogP contribution in [-0.2, 0) is 4.74 Å². The molecule has 4 nitrogen and oxygen atoms in total. The molecule has 0 aliphatic heterocycles. The van der Waals surface area contributed by atoms with Crippen LogP contribution in [0.2, 0.25) is 15.1 Å². The van der Waals surface area contributed by atoms with Crippen molar-refractivity contribution in [1.82, 2.24) is 9.78 Å². The second kappa shape index (κ2) is 7.70. The largest absolute Gasteiger partial charge is 0.461 e. The molecule has 0 aliphatic rings. The summed E-state index contributed by atoms with van der Waals surface area (Å²) in [7, 11) is 0. The lowest BCUT2D eigenvalue weighted by molar-refractivity contribution is 0.0518. The zero-order valence-corrected chi connectivity index (χ0v) is 16.4. The summed E-state index contributed by atoms with van der Waals surface area (Å²) in [5, 5.41) is 6.02. The topological polar surface area (TPSA) is 44.1 Å². The van der Waals surface area contributed by atoms with Crippen LogP contribution in [0.25, 0.3) is 16.9 Å². The van der Waals surface area contributed by atoms with Crippen LogP contribution in [0.5, 0.6) is 0 Å². The molecule has 0 fully saturated rings. The van der Waals surface area contributed by atoms with Crippen LogP contribution >= 0.6 is 34.8 Å². The summed E-state index contributed by atoms with van der Waals surface area (Å²) in [6.45, 7) is 3.84. The number of esters is 1. The molecule has 134 valence electrons. The van der Waals surface area contributed by atoms with Gasteiger partial charge in [-0.1, -0.05) is 46.9 Å². The second-order valence-corrected chi connectivity index (χ2v) is 6.84. The van der Waals surface area contributed by atoms with Crippen LogP contribution in [0, 0.1) is 6.92 Å². The minimum Gasteiger partial charge on any atom is -0.461 e. The van der Waals surface area contributed by atoms with Crippen LogP contribution in [0.1, 0.15) is 23.0 Å². The van der Waals surface area contributed by atoms with Crippen molar-refractivity contribution in [3.8, 4) is 16.9 Å². The number of carbonyl (C=O) groups is 1. The van der Waals surface area contributed by atoms with Gasteiger partial charge < -0.3 is 4.74 Å². The zero-order valence-electron chi connectivity index (χ0n) is 14.1. The molecule has 2 aromatic carbocycles. The van der Waals surface area contributed by atoms with Gasteiger partial charge in [0.15, 0.2) is 5.69 Å². The van der Waals surface area contributed by atoms with Crippen molar-refractivity contribution < 1.29 is 9.53 Å². The second-order valence-electron chi connectivity index (χ2n) is 5.56. The molecule has 0 unspecified atom stereocenters. The molecule has 0 spiro atoms. The van der Waals surface area contributed by atoms with Gasteiger partial charge in [0.2, 0.25) is 0 Å². The number of nitrogens with zero attached hydrogens (tertiary/aromatic N) is 2. The Morgan fingerprint density at radius 1 is 1.08 bits per heavy atom. The number of hydrogen-bond donors (Lipinski definition) is 0. The van der Waals surface area contributed by atoms with E-state index in [1.165, 1.54) is 0 Å². The fraction of sp³-hybridized carbons (Fsp3) is 0.158. The number of halogens is 3. The first kappa shape index (κ1) is 18.8. The summed E-state index contributed by atoms with van der Waals surface area (Å²) >= 11 is 18.4. The lowest BCUT2D eigenvalue weighted by Crippen LogP contribution is -2.08. The number of ether oxygens (including phenoxy) is 1. The summed E-state index contributed by atoms with van der Waals surface area (Å²) in [5.41, 5.74) is 3.12. The number of carbonyl (C=O) groups excluding carboxylic acids is 1. The van der Waals surface area contributed by atoms with Gasteiger partial charge in [-0.2, -0.15) is 5.10 Å². The highest BCUT2D eigenvalue weighted by Gasteiger charge is 2.23. The quantitative estimate of drug-likeness (QED) is 0.497. The predicted molar refractivity (Wildman–Crippen MR) is 105 cm³/mol. The molecule has 26 heavy (non-hydrogen) atoms. The zero-order chi connectivity index (χ0) is 18.8. The third kappa shape index (κ3) is 3.58. The molecule has 0 saturated carbocycles. The van der Waals surface area contributed by atoms with Gasteiger partial charge in [-0.25, -0.2) is 9.48 Å². The maximum Gasteiger partial charge on any atom is 0.359 e. The molecular formula is C19H15Cl3N2O2. The molecule has 3 aromatic rings. The molecule has 1 heterocycles. The third-order valence-corrected chi connectivity index (χ3v) is 4.64. The van der Waals surface area contributed by atoms with E-state index in [-0.39, 0.29) is 12.3 Å². The van der Waals surface area contributed by atoms with Crippen LogP contribution in [0.15, 0.2) is 42.5 Å². The van der Waals surface area contributed by atoms with Crippen molar-refractivity contribution in [3.05, 3.63) is 68.8 Å². The van der Waals surface area contributed by atoms with Crippen LogP contribution in [-0.4, -0.2) is 22.4 Å². The molecule has 0 radical (unpaired) electrons. The van der Waals surface area contributed by atoms with E-state index in [9.17, 15) is 4.79 Å². The highest BCUT2D eigenvalue weighted by atomic mass is 35.5. The van der Waals surface area contributed by atoms with E-state index in [1.807, 2.05) is 19.1 Å². The fourth-order valence-corrected chi connectivity index (χ4v) is 3.28. The van der Waals surface area contributed by atoms with Crippen molar-refractivity contribution in [2.24, 2.45) is 0 Å². The monoisotopic (exact) mass is 408 g/mol. The van der Waals surface area contributed by atoms with E-state index in [0.29, 0.717) is 26.3 Å². The molecule has 0 amide bonds. The summed E-state index contributed by atoms with van der Waals surface area (Å²) in [6, 6.07) is 12.4. The maximum atomic E-state index is 12.3. The Morgan fingerprint density at radius 3 is 2.35 bits per heavy atom. The van der Waals surface area contributed by atoms with Gasteiger partial charge in [0, 0.05) is 21.2 Å². The number of hydrogen-bond acceptors (Lipinski definition) is 3. The van der Waals surface area contributed by atoms with E-state index in [0.717, 1.165) is 11.3 Å². The van der Waals surface area contributed by atoms with Crippen molar-refractivity contribution in [2.75, 3.05) is 6.61 Å². The average molecular weight is 410 g/mol. The molecule has 1 aromatic heterocycles. The van der Waals surface area contributed by atoms with E-state index in [1.54, 1.807) is 41.9 Å². The van der Waals surface area contributed by atoms with E-state index >= 15 is 0 Å². The van der Waals surface area contributed by atoms with Gasteiger partial charge in [0.25, 0.3) is 0 Å². The number of aromatic nitrogens is 2. The Hall–Kier alpha value is -2.01. The molecule has 0 atom stereocenters. The lowest BCUT2D eigenvalue weighted by Gasteiger charge is -2.11. The standard InChI is InChI=1S/C19H15Cl3N2O2/c1-3-26-19(25)17-11(2)18(12-4-6-13(20)7-5-12)24(23-17)16-9-8-14(21)10-15(16)22/h4-10H,3H2,1-2H3. The Balaban J connectivity index is 2.26. The molecule has 0 saturated heterocycles.